The number of hydrogen-bond donors (Lipinski definition) is 1. The van der Waals surface area contributed by atoms with Crippen molar-refractivity contribution in [2.45, 2.75) is 38.1 Å². The van der Waals surface area contributed by atoms with Gasteiger partial charge in [-0.1, -0.05) is 30.0 Å². The standard InChI is InChI=1S/C19H21N3O2S2/c1-10-8-6-7-9-14(10)20-16(23)13(4)26-19-21-17-15(18(24)22(19)5)11(2)12(3)25-17/h6-9,13H,1-5H3,(H,20,23)/t13-/m1/s1. The number of fused-ring (bicyclic) bond motifs is 1. The number of carbonyl (C=O) groups is 1. The minimum atomic E-state index is -0.382. The summed E-state index contributed by atoms with van der Waals surface area (Å²) in [5.74, 6) is -0.114. The smallest absolute Gasteiger partial charge is 0.262 e. The quantitative estimate of drug-likeness (QED) is 0.542. The molecule has 0 unspecified atom stereocenters. The van der Waals surface area contributed by atoms with Crippen molar-refractivity contribution >= 4 is 44.9 Å². The highest BCUT2D eigenvalue weighted by molar-refractivity contribution is 8.00. The maximum atomic E-state index is 12.7. The molecule has 0 radical (unpaired) electrons. The maximum Gasteiger partial charge on any atom is 0.262 e. The van der Waals surface area contributed by atoms with Crippen LogP contribution < -0.4 is 10.9 Å². The second kappa shape index (κ2) is 7.25. The van der Waals surface area contributed by atoms with E-state index in [0.29, 0.717) is 10.5 Å². The molecule has 0 aliphatic carbocycles. The van der Waals surface area contributed by atoms with Crippen molar-refractivity contribution in [3.63, 3.8) is 0 Å². The lowest BCUT2D eigenvalue weighted by Crippen LogP contribution is -2.25. The van der Waals surface area contributed by atoms with E-state index in [1.807, 2.05) is 52.0 Å². The van der Waals surface area contributed by atoms with Gasteiger partial charge >= 0.3 is 0 Å². The summed E-state index contributed by atoms with van der Waals surface area (Å²) in [5, 5.41) is 3.79. The van der Waals surface area contributed by atoms with Crippen molar-refractivity contribution in [2.24, 2.45) is 7.05 Å². The lowest BCUT2D eigenvalue weighted by molar-refractivity contribution is -0.115. The van der Waals surface area contributed by atoms with Gasteiger partial charge in [0.05, 0.1) is 10.6 Å². The molecule has 5 nitrogen and oxygen atoms in total. The molecule has 0 aliphatic heterocycles. The molecule has 0 saturated carbocycles. The number of aryl methyl sites for hydroxylation is 3. The Labute approximate surface area is 160 Å². The molecular weight excluding hydrogens is 366 g/mol. The molecule has 3 aromatic rings. The Balaban J connectivity index is 1.86. The molecule has 0 bridgehead atoms. The van der Waals surface area contributed by atoms with E-state index in [4.69, 9.17) is 0 Å². The van der Waals surface area contributed by atoms with Crippen molar-refractivity contribution in [3.05, 3.63) is 50.6 Å². The van der Waals surface area contributed by atoms with Crippen LogP contribution in [0.1, 0.15) is 22.9 Å². The Kier molecular flexibility index (Phi) is 5.20. The number of hydrogen-bond acceptors (Lipinski definition) is 5. The van der Waals surface area contributed by atoms with Crippen LogP contribution in [0.5, 0.6) is 0 Å². The fourth-order valence-corrected chi connectivity index (χ4v) is 4.57. The first-order valence-electron chi connectivity index (χ1n) is 8.29. The van der Waals surface area contributed by atoms with Crippen molar-refractivity contribution in [3.8, 4) is 0 Å². The molecule has 0 spiro atoms. The Morgan fingerprint density at radius 3 is 2.65 bits per heavy atom. The van der Waals surface area contributed by atoms with Gasteiger partial charge in [0.2, 0.25) is 5.91 Å². The highest BCUT2D eigenvalue weighted by Crippen LogP contribution is 2.29. The van der Waals surface area contributed by atoms with Crippen molar-refractivity contribution in [1.29, 1.82) is 0 Å². The summed E-state index contributed by atoms with van der Waals surface area (Å²) in [6.45, 7) is 7.71. The molecule has 26 heavy (non-hydrogen) atoms. The Morgan fingerprint density at radius 1 is 1.27 bits per heavy atom. The number of rotatable bonds is 4. The zero-order valence-electron chi connectivity index (χ0n) is 15.4. The van der Waals surface area contributed by atoms with Crippen LogP contribution in [0.15, 0.2) is 34.2 Å². The third-order valence-electron chi connectivity index (χ3n) is 4.42. The highest BCUT2D eigenvalue weighted by Gasteiger charge is 2.20. The molecule has 1 aromatic carbocycles. The van der Waals surface area contributed by atoms with E-state index in [-0.39, 0.29) is 16.7 Å². The minimum absolute atomic E-state index is 0.0640. The SMILES string of the molecule is Cc1ccccc1NC(=O)[C@@H](C)Sc1nc2sc(C)c(C)c2c(=O)n1C. The number of para-hydroxylation sites is 1. The molecule has 1 N–H and O–H groups in total. The van der Waals surface area contributed by atoms with Crippen LogP contribution >= 0.6 is 23.1 Å². The van der Waals surface area contributed by atoms with Gasteiger partial charge in [-0.05, 0) is 44.9 Å². The van der Waals surface area contributed by atoms with E-state index in [1.165, 1.54) is 27.7 Å². The number of anilines is 1. The maximum absolute atomic E-state index is 12.7. The van der Waals surface area contributed by atoms with Crippen LogP contribution in [0.3, 0.4) is 0 Å². The molecule has 1 atom stereocenters. The summed E-state index contributed by atoms with van der Waals surface area (Å²) in [7, 11) is 1.70. The zero-order valence-corrected chi connectivity index (χ0v) is 17.0. The van der Waals surface area contributed by atoms with Gasteiger partial charge in [0.15, 0.2) is 5.16 Å². The van der Waals surface area contributed by atoms with Crippen molar-refractivity contribution in [2.75, 3.05) is 5.32 Å². The van der Waals surface area contributed by atoms with Gasteiger partial charge in [-0.3, -0.25) is 14.2 Å². The van der Waals surface area contributed by atoms with Crippen molar-refractivity contribution in [1.82, 2.24) is 9.55 Å². The third-order valence-corrected chi connectivity index (χ3v) is 6.67. The summed E-state index contributed by atoms with van der Waals surface area (Å²) in [4.78, 5) is 31.7. The fraction of sp³-hybridized carbons (Fsp3) is 0.316. The summed E-state index contributed by atoms with van der Waals surface area (Å²) >= 11 is 2.81. The van der Waals surface area contributed by atoms with Gasteiger partial charge < -0.3 is 5.32 Å². The average Bonchev–Trinajstić information content (AvgIpc) is 2.88. The number of nitrogens with zero attached hydrogens (tertiary/aromatic N) is 2. The lowest BCUT2D eigenvalue weighted by Gasteiger charge is -2.14. The van der Waals surface area contributed by atoms with E-state index >= 15 is 0 Å². The molecule has 2 aromatic heterocycles. The van der Waals surface area contributed by atoms with E-state index < -0.39 is 0 Å². The summed E-state index contributed by atoms with van der Waals surface area (Å²) in [5.41, 5.74) is 2.73. The van der Waals surface area contributed by atoms with Gasteiger partial charge in [0.25, 0.3) is 5.56 Å². The van der Waals surface area contributed by atoms with Crippen LogP contribution in [-0.2, 0) is 11.8 Å². The van der Waals surface area contributed by atoms with Gasteiger partial charge in [0.1, 0.15) is 4.83 Å². The summed E-state index contributed by atoms with van der Waals surface area (Å²) < 4.78 is 1.53. The molecule has 3 rings (SSSR count). The first-order valence-corrected chi connectivity index (χ1v) is 9.99. The number of carbonyl (C=O) groups excluding carboxylic acids is 1. The average molecular weight is 388 g/mol. The summed E-state index contributed by atoms with van der Waals surface area (Å²) in [6.07, 6.45) is 0. The topological polar surface area (TPSA) is 64.0 Å². The van der Waals surface area contributed by atoms with Crippen LogP contribution in [0.25, 0.3) is 10.2 Å². The minimum Gasteiger partial charge on any atom is -0.325 e. The largest absolute Gasteiger partial charge is 0.325 e. The molecule has 0 aliphatic rings. The molecule has 0 fully saturated rings. The van der Waals surface area contributed by atoms with Crippen LogP contribution in [-0.4, -0.2) is 20.7 Å². The van der Waals surface area contributed by atoms with Crippen LogP contribution in [0.4, 0.5) is 5.69 Å². The van der Waals surface area contributed by atoms with Gasteiger partial charge in [-0.25, -0.2) is 4.98 Å². The summed E-state index contributed by atoms with van der Waals surface area (Å²) in [6, 6.07) is 7.65. The molecule has 136 valence electrons. The monoisotopic (exact) mass is 387 g/mol. The Morgan fingerprint density at radius 2 is 1.96 bits per heavy atom. The van der Waals surface area contributed by atoms with Crippen molar-refractivity contribution < 1.29 is 4.79 Å². The van der Waals surface area contributed by atoms with E-state index in [9.17, 15) is 9.59 Å². The van der Waals surface area contributed by atoms with Crippen LogP contribution in [0.2, 0.25) is 0 Å². The number of nitrogens with one attached hydrogen (secondary N) is 1. The third kappa shape index (κ3) is 3.41. The van der Waals surface area contributed by atoms with E-state index in [2.05, 4.69) is 10.3 Å². The molecule has 0 saturated heterocycles. The molecular formula is C19H21N3O2S2. The van der Waals surface area contributed by atoms with Gasteiger partial charge in [-0.2, -0.15) is 0 Å². The predicted octanol–water partition coefficient (Wildman–Crippen LogP) is 4.04. The molecule has 1 amide bonds. The number of benzene rings is 1. The first-order chi connectivity index (χ1) is 12.3. The van der Waals surface area contributed by atoms with Gasteiger partial charge in [0, 0.05) is 17.6 Å². The first kappa shape index (κ1) is 18.7. The predicted molar refractivity (Wildman–Crippen MR) is 109 cm³/mol. The molecule has 7 heteroatoms. The number of thioether (sulfide) groups is 1. The second-order valence-electron chi connectivity index (χ2n) is 6.29. The number of thiophene rings is 1. The highest BCUT2D eigenvalue weighted by atomic mass is 32.2. The van der Waals surface area contributed by atoms with E-state index in [0.717, 1.165) is 26.5 Å². The second-order valence-corrected chi connectivity index (χ2v) is 8.80. The lowest BCUT2D eigenvalue weighted by atomic mass is 10.2. The van der Waals surface area contributed by atoms with Gasteiger partial charge in [-0.15, -0.1) is 11.3 Å². The Bertz CT molecular complexity index is 1050. The normalized spacial score (nSPS) is 12.3. The fourth-order valence-electron chi connectivity index (χ4n) is 2.62. The van der Waals surface area contributed by atoms with Crippen LogP contribution in [0, 0.1) is 20.8 Å². The number of aromatic nitrogens is 2. The Hall–Kier alpha value is -2.12. The van der Waals surface area contributed by atoms with E-state index in [1.54, 1.807) is 7.05 Å². The molecule has 2 heterocycles. The zero-order chi connectivity index (χ0) is 19.0. The number of amides is 1.